The maximum atomic E-state index is 12.3. The molecule has 1 aliphatic heterocycles. The highest BCUT2D eigenvalue weighted by molar-refractivity contribution is 6.32. The third kappa shape index (κ3) is 1.83. The number of anilines is 1. The van der Waals surface area contributed by atoms with Gasteiger partial charge < -0.3 is 10.8 Å². The van der Waals surface area contributed by atoms with Crippen molar-refractivity contribution >= 4 is 23.4 Å². The van der Waals surface area contributed by atoms with Crippen LogP contribution in [0.25, 0.3) is 0 Å². The van der Waals surface area contributed by atoms with Crippen LogP contribution in [0.3, 0.4) is 0 Å². The summed E-state index contributed by atoms with van der Waals surface area (Å²) < 4.78 is 0. The molecule has 0 spiro atoms. The summed E-state index contributed by atoms with van der Waals surface area (Å²) >= 11 is 0. The Hall–Kier alpha value is -3.22. The molecule has 7 nitrogen and oxygen atoms in total. The fourth-order valence-electron chi connectivity index (χ4n) is 2.17. The molecule has 0 saturated carbocycles. The minimum absolute atomic E-state index is 0.0176. The van der Waals surface area contributed by atoms with Gasteiger partial charge in [-0.15, -0.1) is 0 Å². The lowest BCUT2D eigenvalue weighted by molar-refractivity contribution is 0.0566. The number of carbonyl (C=O) groups is 3. The van der Waals surface area contributed by atoms with Crippen LogP contribution in [0.4, 0.5) is 5.69 Å². The Kier molecular flexibility index (Phi) is 2.69. The lowest BCUT2D eigenvalue weighted by Crippen LogP contribution is -2.36. The first-order valence-corrected chi connectivity index (χ1v) is 5.96. The zero-order valence-electron chi connectivity index (χ0n) is 10.6. The number of nitrogen functional groups attached to an aromatic ring is 1. The molecule has 2 heterocycles. The minimum Gasteiger partial charge on any atom is -0.506 e. The van der Waals surface area contributed by atoms with Crippen LogP contribution in [0.2, 0.25) is 0 Å². The largest absolute Gasteiger partial charge is 0.506 e. The van der Waals surface area contributed by atoms with Crippen molar-refractivity contribution in [2.24, 2.45) is 0 Å². The molecule has 1 aromatic heterocycles. The summed E-state index contributed by atoms with van der Waals surface area (Å²) in [5.74, 6) is -2.61. The van der Waals surface area contributed by atoms with E-state index in [2.05, 4.69) is 4.98 Å². The fourth-order valence-corrected chi connectivity index (χ4v) is 2.17. The molecule has 3 N–H and O–H groups in total. The van der Waals surface area contributed by atoms with Gasteiger partial charge in [-0.3, -0.25) is 19.4 Å². The van der Waals surface area contributed by atoms with Gasteiger partial charge in [-0.25, -0.2) is 4.90 Å². The molecule has 0 fully saturated rings. The van der Waals surface area contributed by atoms with E-state index in [9.17, 15) is 19.5 Å². The van der Waals surface area contributed by atoms with E-state index in [1.807, 2.05) is 0 Å². The molecule has 7 heteroatoms. The number of fused-ring (bicyclic) bond motifs is 1. The van der Waals surface area contributed by atoms with E-state index in [4.69, 9.17) is 5.73 Å². The number of aromatic nitrogens is 1. The van der Waals surface area contributed by atoms with Gasteiger partial charge in [0.1, 0.15) is 5.75 Å². The van der Waals surface area contributed by atoms with Crippen LogP contribution >= 0.6 is 0 Å². The predicted octanol–water partition coefficient (Wildman–Crippen LogP) is 0.806. The zero-order chi connectivity index (χ0) is 15.1. The zero-order valence-corrected chi connectivity index (χ0v) is 10.6. The van der Waals surface area contributed by atoms with E-state index in [0.717, 1.165) is 18.5 Å². The minimum atomic E-state index is -0.857. The predicted molar refractivity (Wildman–Crippen MR) is 71.6 cm³/mol. The van der Waals surface area contributed by atoms with E-state index in [0.29, 0.717) is 4.90 Å². The van der Waals surface area contributed by atoms with Gasteiger partial charge in [-0.1, -0.05) is 6.07 Å². The molecule has 0 aliphatic carbocycles. The summed E-state index contributed by atoms with van der Waals surface area (Å²) in [6.45, 7) is 0. The summed E-state index contributed by atoms with van der Waals surface area (Å²) in [7, 11) is 0. The highest BCUT2D eigenvalue weighted by Gasteiger charge is 2.41. The van der Waals surface area contributed by atoms with Crippen LogP contribution < -0.4 is 5.73 Å². The van der Waals surface area contributed by atoms with Crippen LogP contribution in [0, 0.1) is 0 Å². The van der Waals surface area contributed by atoms with E-state index >= 15 is 0 Å². The maximum absolute atomic E-state index is 12.3. The van der Waals surface area contributed by atoms with Crippen molar-refractivity contribution in [3.63, 3.8) is 0 Å². The van der Waals surface area contributed by atoms with Crippen molar-refractivity contribution < 1.29 is 19.5 Å². The molecular weight excluding hydrogens is 274 g/mol. The van der Waals surface area contributed by atoms with E-state index < -0.39 is 17.7 Å². The van der Waals surface area contributed by atoms with Crippen molar-refractivity contribution in [3.8, 4) is 5.75 Å². The molecule has 0 radical (unpaired) electrons. The number of imide groups is 3. The first-order chi connectivity index (χ1) is 10.0. The van der Waals surface area contributed by atoms with E-state index in [-0.39, 0.29) is 28.1 Å². The summed E-state index contributed by atoms with van der Waals surface area (Å²) in [6, 6.07) is 5.57. The van der Waals surface area contributed by atoms with Crippen LogP contribution in [-0.2, 0) is 0 Å². The lowest BCUT2D eigenvalue weighted by Gasteiger charge is -2.11. The van der Waals surface area contributed by atoms with Crippen molar-refractivity contribution in [3.05, 3.63) is 53.3 Å². The highest BCUT2D eigenvalue weighted by atomic mass is 16.3. The summed E-state index contributed by atoms with van der Waals surface area (Å²) in [4.78, 5) is 40.9. The number of hydrogen-bond acceptors (Lipinski definition) is 6. The van der Waals surface area contributed by atoms with Gasteiger partial charge in [-0.05, 0) is 18.2 Å². The first kappa shape index (κ1) is 12.8. The fraction of sp³-hybridized carbons (Fsp3) is 0. The number of carbonyl (C=O) groups excluding carboxylic acids is 3. The first-order valence-electron chi connectivity index (χ1n) is 5.96. The second-order valence-electron chi connectivity index (χ2n) is 4.45. The third-order valence-corrected chi connectivity index (χ3v) is 3.12. The number of pyridine rings is 1. The van der Waals surface area contributed by atoms with Gasteiger partial charge in [0, 0.05) is 11.9 Å². The van der Waals surface area contributed by atoms with Gasteiger partial charge in [-0.2, -0.15) is 0 Å². The van der Waals surface area contributed by atoms with Crippen LogP contribution in [-0.4, -0.2) is 32.7 Å². The van der Waals surface area contributed by atoms with Gasteiger partial charge >= 0.3 is 0 Å². The molecule has 0 saturated heterocycles. The normalized spacial score (nSPS) is 13.4. The highest BCUT2D eigenvalue weighted by Crippen LogP contribution is 2.28. The third-order valence-electron chi connectivity index (χ3n) is 3.12. The molecule has 2 aromatic rings. The maximum Gasteiger partial charge on any atom is 0.270 e. The number of benzene rings is 1. The molecule has 21 heavy (non-hydrogen) atoms. The molecule has 0 atom stereocenters. The Morgan fingerprint density at radius 2 is 1.95 bits per heavy atom. The molecule has 104 valence electrons. The number of aromatic hydroxyl groups is 1. The standard InChI is InChI=1S/C14H9N3O4/c15-10-3-1-2-9-11(10)14(21)17(13(9)20)12(19)7-4-8(18)6-16-5-7/h1-6,18H,15H2. The Morgan fingerprint density at radius 1 is 1.19 bits per heavy atom. The number of nitrogens with two attached hydrogens (primary N) is 1. The number of rotatable bonds is 1. The van der Waals surface area contributed by atoms with Gasteiger partial charge in [0.25, 0.3) is 17.7 Å². The molecular formula is C14H9N3O4. The molecule has 1 aromatic carbocycles. The van der Waals surface area contributed by atoms with Crippen molar-refractivity contribution in [1.82, 2.24) is 9.88 Å². The van der Waals surface area contributed by atoms with Crippen molar-refractivity contribution in [1.29, 1.82) is 0 Å². The van der Waals surface area contributed by atoms with E-state index in [1.54, 1.807) is 0 Å². The summed E-state index contributed by atoms with van der Waals surface area (Å²) in [6.07, 6.45) is 2.30. The average Bonchev–Trinajstić information content (AvgIpc) is 2.71. The van der Waals surface area contributed by atoms with Crippen molar-refractivity contribution in [2.75, 3.05) is 5.73 Å². The van der Waals surface area contributed by atoms with Gasteiger partial charge in [0.2, 0.25) is 0 Å². The SMILES string of the molecule is Nc1cccc2c1C(=O)N(C(=O)c1cncc(O)c1)C2=O. The number of nitrogens with zero attached hydrogens (tertiary/aromatic N) is 2. The monoisotopic (exact) mass is 283 g/mol. The molecule has 0 unspecified atom stereocenters. The average molecular weight is 283 g/mol. The topological polar surface area (TPSA) is 114 Å². The quantitative estimate of drug-likeness (QED) is 0.591. The Bertz CT molecular complexity index is 801. The van der Waals surface area contributed by atoms with Crippen molar-refractivity contribution in [2.45, 2.75) is 0 Å². The molecule has 3 amide bonds. The van der Waals surface area contributed by atoms with Gasteiger partial charge in [0.05, 0.1) is 22.9 Å². The van der Waals surface area contributed by atoms with Crippen LogP contribution in [0.1, 0.15) is 31.1 Å². The Morgan fingerprint density at radius 3 is 2.62 bits per heavy atom. The van der Waals surface area contributed by atoms with E-state index in [1.165, 1.54) is 18.2 Å². The van der Waals surface area contributed by atoms with Crippen LogP contribution in [0.5, 0.6) is 5.75 Å². The molecule has 3 rings (SSSR count). The molecule has 1 aliphatic rings. The second-order valence-corrected chi connectivity index (χ2v) is 4.45. The summed E-state index contributed by atoms with van der Waals surface area (Å²) in [5.41, 5.74) is 5.86. The number of hydrogen-bond donors (Lipinski definition) is 2. The molecule has 0 bridgehead atoms. The Labute approximate surface area is 118 Å². The summed E-state index contributed by atoms with van der Waals surface area (Å²) in [5, 5.41) is 9.33. The lowest BCUT2D eigenvalue weighted by atomic mass is 10.1. The second kappa shape index (κ2) is 4.41. The number of amides is 3. The van der Waals surface area contributed by atoms with Crippen LogP contribution in [0.15, 0.2) is 36.7 Å². The Balaban J connectivity index is 2.06. The smallest absolute Gasteiger partial charge is 0.270 e. The van der Waals surface area contributed by atoms with Gasteiger partial charge in [0.15, 0.2) is 0 Å².